The van der Waals surface area contributed by atoms with Gasteiger partial charge < -0.3 is 14.8 Å². The van der Waals surface area contributed by atoms with Gasteiger partial charge in [-0.1, -0.05) is 67.6 Å². The standard InChI is InChI=1S/C30H32N2O5S/c1-22(18-24-12-9-11-23-10-7-8-15-27(23)24)20-31-30(33)21-32(38(34,35)26-13-5-4-6-14-26)25-16-17-28(36-2)29(19-25)37-3/h4-17,19,22H,18,20-21H2,1-3H3,(H,31,33). The normalized spacial score (nSPS) is 12.1. The van der Waals surface area contributed by atoms with Gasteiger partial charge in [-0.15, -0.1) is 0 Å². The Bertz CT molecular complexity index is 1500. The average Bonchev–Trinajstić information content (AvgIpc) is 2.95. The molecule has 0 bridgehead atoms. The van der Waals surface area contributed by atoms with E-state index in [2.05, 4.69) is 36.5 Å². The van der Waals surface area contributed by atoms with Gasteiger partial charge in [0.25, 0.3) is 10.0 Å². The zero-order valence-electron chi connectivity index (χ0n) is 21.8. The van der Waals surface area contributed by atoms with Crippen LogP contribution >= 0.6 is 0 Å². The minimum atomic E-state index is -4.03. The lowest BCUT2D eigenvalue weighted by Gasteiger charge is -2.25. The second-order valence-electron chi connectivity index (χ2n) is 9.12. The van der Waals surface area contributed by atoms with Gasteiger partial charge in [0.05, 0.1) is 24.8 Å². The predicted octanol–water partition coefficient (Wildman–Crippen LogP) is 5.05. The van der Waals surface area contributed by atoms with E-state index >= 15 is 0 Å². The molecule has 1 unspecified atom stereocenters. The van der Waals surface area contributed by atoms with E-state index in [1.54, 1.807) is 36.4 Å². The molecule has 0 spiro atoms. The summed E-state index contributed by atoms with van der Waals surface area (Å²) in [5, 5.41) is 5.30. The topological polar surface area (TPSA) is 84.9 Å². The minimum absolute atomic E-state index is 0.0897. The second-order valence-corrected chi connectivity index (χ2v) is 11.0. The number of nitrogens with one attached hydrogen (secondary N) is 1. The van der Waals surface area contributed by atoms with Crippen molar-refractivity contribution in [1.82, 2.24) is 5.32 Å². The summed E-state index contributed by atoms with van der Waals surface area (Å²) < 4.78 is 39.0. The molecule has 198 valence electrons. The number of amides is 1. The quantitative estimate of drug-likeness (QED) is 0.292. The number of fused-ring (bicyclic) bond motifs is 1. The van der Waals surface area contributed by atoms with Gasteiger partial charge >= 0.3 is 0 Å². The van der Waals surface area contributed by atoms with Gasteiger partial charge in [-0.3, -0.25) is 9.10 Å². The Morgan fingerprint density at radius 2 is 1.55 bits per heavy atom. The molecule has 0 aliphatic heterocycles. The molecule has 0 fully saturated rings. The number of anilines is 1. The SMILES string of the molecule is COc1ccc(N(CC(=O)NCC(C)Cc2cccc3ccccc23)S(=O)(=O)c2ccccc2)cc1OC. The Kier molecular flexibility index (Phi) is 8.53. The Labute approximate surface area is 224 Å². The van der Waals surface area contributed by atoms with Crippen LogP contribution in [0.5, 0.6) is 11.5 Å². The number of carbonyl (C=O) groups excluding carboxylic acids is 1. The van der Waals surface area contributed by atoms with E-state index in [1.165, 1.54) is 42.7 Å². The lowest BCUT2D eigenvalue weighted by molar-refractivity contribution is -0.119. The summed E-state index contributed by atoms with van der Waals surface area (Å²) >= 11 is 0. The van der Waals surface area contributed by atoms with Crippen LogP contribution in [0.1, 0.15) is 12.5 Å². The molecule has 1 amide bonds. The highest BCUT2D eigenvalue weighted by Gasteiger charge is 2.28. The third-order valence-electron chi connectivity index (χ3n) is 6.37. The molecule has 7 nitrogen and oxygen atoms in total. The Morgan fingerprint density at radius 3 is 2.29 bits per heavy atom. The highest BCUT2D eigenvalue weighted by atomic mass is 32.2. The van der Waals surface area contributed by atoms with Crippen molar-refractivity contribution < 1.29 is 22.7 Å². The van der Waals surface area contributed by atoms with Crippen LogP contribution in [0, 0.1) is 5.92 Å². The molecular weight excluding hydrogens is 500 g/mol. The van der Waals surface area contributed by atoms with Crippen molar-refractivity contribution in [3.63, 3.8) is 0 Å². The molecule has 0 aromatic heterocycles. The number of benzene rings is 4. The number of hydrogen-bond acceptors (Lipinski definition) is 5. The molecule has 0 aliphatic carbocycles. The fraction of sp³-hybridized carbons (Fsp3) is 0.233. The first-order chi connectivity index (χ1) is 18.3. The van der Waals surface area contributed by atoms with E-state index in [4.69, 9.17) is 9.47 Å². The molecule has 0 radical (unpaired) electrons. The largest absolute Gasteiger partial charge is 0.493 e. The first-order valence-electron chi connectivity index (χ1n) is 12.4. The van der Waals surface area contributed by atoms with Crippen molar-refractivity contribution in [3.8, 4) is 11.5 Å². The number of hydrogen-bond donors (Lipinski definition) is 1. The lowest BCUT2D eigenvalue weighted by atomic mass is 9.96. The predicted molar refractivity (Wildman–Crippen MR) is 150 cm³/mol. The summed E-state index contributed by atoms with van der Waals surface area (Å²) in [7, 11) is -1.05. The number of ether oxygens (including phenoxy) is 2. The maximum Gasteiger partial charge on any atom is 0.264 e. The average molecular weight is 533 g/mol. The van der Waals surface area contributed by atoms with Crippen LogP contribution in [0.15, 0.2) is 95.9 Å². The van der Waals surface area contributed by atoms with E-state index in [9.17, 15) is 13.2 Å². The Morgan fingerprint density at radius 1 is 0.868 bits per heavy atom. The van der Waals surface area contributed by atoms with Gasteiger partial charge in [0.2, 0.25) is 5.91 Å². The van der Waals surface area contributed by atoms with E-state index in [1.807, 2.05) is 18.2 Å². The molecule has 4 aromatic carbocycles. The summed E-state index contributed by atoms with van der Waals surface area (Å²) in [5.41, 5.74) is 1.51. The summed E-state index contributed by atoms with van der Waals surface area (Å²) in [6.45, 7) is 2.09. The zero-order valence-corrected chi connectivity index (χ0v) is 22.6. The fourth-order valence-electron chi connectivity index (χ4n) is 4.41. The van der Waals surface area contributed by atoms with Gasteiger partial charge in [0.1, 0.15) is 6.54 Å². The van der Waals surface area contributed by atoms with Crippen molar-refractivity contribution in [2.75, 3.05) is 31.6 Å². The van der Waals surface area contributed by atoms with Gasteiger partial charge in [-0.05, 0) is 52.9 Å². The number of nitrogens with zero attached hydrogens (tertiary/aromatic N) is 1. The second kappa shape index (κ2) is 12.0. The Balaban J connectivity index is 1.52. The van der Waals surface area contributed by atoms with Crippen molar-refractivity contribution in [2.45, 2.75) is 18.2 Å². The fourth-order valence-corrected chi connectivity index (χ4v) is 5.84. The summed E-state index contributed by atoms with van der Waals surface area (Å²) in [6.07, 6.45) is 0.781. The Hall–Kier alpha value is -4.04. The molecule has 4 aromatic rings. The molecule has 0 saturated heterocycles. The minimum Gasteiger partial charge on any atom is -0.493 e. The van der Waals surface area contributed by atoms with E-state index in [0.29, 0.717) is 23.7 Å². The van der Waals surface area contributed by atoms with E-state index in [-0.39, 0.29) is 17.4 Å². The van der Waals surface area contributed by atoms with Crippen molar-refractivity contribution in [1.29, 1.82) is 0 Å². The molecule has 0 heterocycles. The number of methoxy groups -OCH3 is 2. The smallest absolute Gasteiger partial charge is 0.264 e. The summed E-state index contributed by atoms with van der Waals surface area (Å²) in [4.78, 5) is 13.2. The number of carbonyl (C=O) groups is 1. The molecule has 8 heteroatoms. The molecular formula is C30H32N2O5S. The molecule has 0 aliphatic rings. The van der Waals surface area contributed by atoms with Crippen LogP contribution in [-0.2, 0) is 21.2 Å². The third-order valence-corrected chi connectivity index (χ3v) is 8.16. The third kappa shape index (κ3) is 6.08. The van der Waals surface area contributed by atoms with E-state index < -0.39 is 15.9 Å². The van der Waals surface area contributed by atoms with Crippen LogP contribution in [0.4, 0.5) is 5.69 Å². The first-order valence-corrected chi connectivity index (χ1v) is 13.8. The first kappa shape index (κ1) is 27.0. The lowest BCUT2D eigenvalue weighted by Crippen LogP contribution is -2.42. The highest BCUT2D eigenvalue weighted by Crippen LogP contribution is 2.33. The molecule has 4 rings (SSSR count). The van der Waals surface area contributed by atoms with Crippen molar-refractivity contribution >= 4 is 32.4 Å². The van der Waals surface area contributed by atoms with Gasteiger partial charge in [-0.25, -0.2) is 8.42 Å². The van der Waals surface area contributed by atoms with Crippen LogP contribution in [0.25, 0.3) is 10.8 Å². The molecule has 1 atom stereocenters. The van der Waals surface area contributed by atoms with Gasteiger partial charge in [-0.2, -0.15) is 0 Å². The maximum absolute atomic E-state index is 13.6. The van der Waals surface area contributed by atoms with Crippen LogP contribution in [-0.4, -0.2) is 41.6 Å². The molecule has 38 heavy (non-hydrogen) atoms. The van der Waals surface area contributed by atoms with Crippen LogP contribution in [0.2, 0.25) is 0 Å². The molecule has 0 saturated carbocycles. The monoisotopic (exact) mass is 532 g/mol. The van der Waals surface area contributed by atoms with Crippen LogP contribution in [0.3, 0.4) is 0 Å². The number of sulfonamides is 1. The van der Waals surface area contributed by atoms with Gasteiger partial charge in [0, 0.05) is 12.6 Å². The zero-order chi connectivity index (χ0) is 27.1. The van der Waals surface area contributed by atoms with Crippen molar-refractivity contribution in [3.05, 3.63) is 96.6 Å². The van der Waals surface area contributed by atoms with E-state index in [0.717, 1.165) is 10.7 Å². The van der Waals surface area contributed by atoms with Gasteiger partial charge in [0.15, 0.2) is 11.5 Å². The number of rotatable bonds is 11. The summed E-state index contributed by atoms with van der Waals surface area (Å²) in [5.74, 6) is 0.566. The highest BCUT2D eigenvalue weighted by molar-refractivity contribution is 7.92. The van der Waals surface area contributed by atoms with Crippen LogP contribution < -0.4 is 19.1 Å². The molecule has 1 N–H and O–H groups in total. The van der Waals surface area contributed by atoms with Crippen molar-refractivity contribution in [2.24, 2.45) is 5.92 Å². The maximum atomic E-state index is 13.6. The summed E-state index contributed by atoms with van der Waals surface area (Å²) in [6, 6.07) is 27.3.